The summed E-state index contributed by atoms with van der Waals surface area (Å²) >= 11 is 1.55. The van der Waals surface area contributed by atoms with Crippen LogP contribution in [0.3, 0.4) is 0 Å². The highest BCUT2D eigenvalue weighted by Crippen LogP contribution is 2.23. The van der Waals surface area contributed by atoms with Crippen molar-refractivity contribution in [3.63, 3.8) is 0 Å². The molecule has 0 aliphatic rings. The summed E-state index contributed by atoms with van der Waals surface area (Å²) in [4.78, 5) is 6.93. The SMILES string of the molecule is C=CCn1c(CN(C)Cc2nc3ccccc3n2C)nnc1SCc1cccc(F)c1. The zero-order valence-electron chi connectivity index (χ0n) is 17.7. The summed E-state index contributed by atoms with van der Waals surface area (Å²) in [6.07, 6.45) is 1.84. The molecule has 0 bridgehead atoms. The van der Waals surface area contributed by atoms with E-state index < -0.39 is 0 Å². The van der Waals surface area contributed by atoms with Gasteiger partial charge in [-0.25, -0.2) is 9.37 Å². The predicted molar refractivity (Wildman–Crippen MR) is 122 cm³/mol. The maximum atomic E-state index is 13.4. The Morgan fingerprint density at radius 2 is 1.90 bits per heavy atom. The van der Waals surface area contributed by atoms with Crippen molar-refractivity contribution >= 4 is 22.8 Å². The highest BCUT2D eigenvalue weighted by molar-refractivity contribution is 7.98. The summed E-state index contributed by atoms with van der Waals surface area (Å²) in [5.74, 6) is 2.26. The van der Waals surface area contributed by atoms with Gasteiger partial charge in [-0.3, -0.25) is 4.90 Å². The van der Waals surface area contributed by atoms with Crippen LogP contribution in [-0.4, -0.2) is 36.3 Å². The van der Waals surface area contributed by atoms with Crippen molar-refractivity contribution in [2.75, 3.05) is 7.05 Å². The fourth-order valence-electron chi connectivity index (χ4n) is 3.51. The second-order valence-corrected chi connectivity index (χ2v) is 8.41. The summed E-state index contributed by atoms with van der Waals surface area (Å²) in [5, 5.41) is 9.59. The number of hydrogen-bond donors (Lipinski definition) is 0. The van der Waals surface area contributed by atoms with Crippen LogP contribution in [0.25, 0.3) is 11.0 Å². The quantitative estimate of drug-likeness (QED) is 0.287. The zero-order valence-corrected chi connectivity index (χ0v) is 18.5. The van der Waals surface area contributed by atoms with E-state index in [2.05, 4.69) is 36.9 Å². The van der Waals surface area contributed by atoms with Crippen molar-refractivity contribution in [1.29, 1.82) is 0 Å². The molecule has 0 unspecified atom stereocenters. The van der Waals surface area contributed by atoms with Crippen LogP contribution in [0.5, 0.6) is 0 Å². The van der Waals surface area contributed by atoms with Gasteiger partial charge >= 0.3 is 0 Å². The molecule has 2 aromatic heterocycles. The summed E-state index contributed by atoms with van der Waals surface area (Å²) in [6, 6.07) is 14.8. The molecule has 0 radical (unpaired) electrons. The zero-order chi connectivity index (χ0) is 21.8. The molecule has 0 aliphatic heterocycles. The predicted octanol–water partition coefficient (Wildman–Crippen LogP) is 4.41. The highest BCUT2D eigenvalue weighted by Gasteiger charge is 2.16. The fraction of sp³-hybridized carbons (Fsp3) is 0.261. The van der Waals surface area contributed by atoms with E-state index in [1.807, 2.05) is 44.4 Å². The van der Waals surface area contributed by atoms with Gasteiger partial charge in [-0.2, -0.15) is 0 Å². The third-order valence-corrected chi connectivity index (χ3v) is 6.10. The Balaban J connectivity index is 1.47. The minimum absolute atomic E-state index is 0.227. The number of allylic oxidation sites excluding steroid dienone is 1. The topological polar surface area (TPSA) is 51.8 Å². The van der Waals surface area contributed by atoms with E-state index in [4.69, 9.17) is 4.98 Å². The number of aromatic nitrogens is 5. The normalized spacial score (nSPS) is 11.5. The lowest BCUT2D eigenvalue weighted by atomic mass is 10.2. The third-order valence-electron chi connectivity index (χ3n) is 5.06. The maximum absolute atomic E-state index is 13.4. The van der Waals surface area contributed by atoms with Crippen molar-refractivity contribution in [1.82, 2.24) is 29.2 Å². The van der Waals surface area contributed by atoms with Crippen molar-refractivity contribution in [3.05, 3.63) is 84.2 Å². The lowest BCUT2D eigenvalue weighted by Gasteiger charge is -2.16. The first-order valence-electron chi connectivity index (χ1n) is 10.0. The first kappa shape index (κ1) is 21.3. The van der Waals surface area contributed by atoms with Crippen LogP contribution < -0.4 is 0 Å². The van der Waals surface area contributed by atoms with Gasteiger partial charge in [0, 0.05) is 19.3 Å². The van der Waals surface area contributed by atoms with Gasteiger partial charge in [0.25, 0.3) is 0 Å². The van der Waals surface area contributed by atoms with E-state index >= 15 is 0 Å². The van der Waals surface area contributed by atoms with Crippen LogP contribution in [0.2, 0.25) is 0 Å². The van der Waals surface area contributed by atoms with Gasteiger partial charge < -0.3 is 9.13 Å². The van der Waals surface area contributed by atoms with Gasteiger partial charge in [0.1, 0.15) is 17.5 Å². The van der Waals surface area contributed by atoms with E-state index in [9.17, 15) is 4.39 Å². The van der Waals surface area contributed by atoms with E-state index in [1.54, 1.807) is 23.9 Å². The number of benzene rings is 2. The molecule has 2 heterocycles. The molecule has 4 aromatic rings. The van der Waals surface area contributed by atoms with Gasteiger partial charge in [0.2, 0.25) is 0 Å². The number of halogens is 1. The lowest BCUT2D eigenvalue weighted by Crippen LogP contribution is -2.22. The molecule has 31 heavy (non-hydrogen) atoms. The second-order valence-electron chi connectivity index (χ2n) is 7.46. The molecular weight excluding hydrogens is 411 g/mol. The highest BCUT2D eigenvalue weighted by atomic mass is 32.2. The van der Waals surface area contributed by atoms with E-state index in [0.29, 0.717) is 25.4 Å². The lowest BCUT2D eigenvalue weighted by molar-refractivity contribution is 0.294. The van der Waals surface area contributed by atoms with Crippen molar-refractivity contribution in [3.8, 4) is 0 Å². The average molecular weight is 437 g/mol. The van der Waals surface area contributed by atoms with Crippen LogP contribution in [0.1, 0.15) is 17.2 Å². The Kier molecular flexibility index (Phi) is 6.48. The van der Waals surface area contributed by atoms with Crippen molar-refractivity contribution < 1.29 is 4.39 Å². The third kappa shape index (κ3) is 4.86. The molecular formula is C23H25FN6S. The first-order chi connectivity index (χ1) is 15.0. The number of nitrogens with zero attached hydrogens (tertiary/aromatic N) is 6. The molecule has 8 heteroatoms. The molecule has 2 aromatic carbocycles. The Bertz CT molecular complexity index is 1200. The van der Waals surface area contributed by atoms with Crippen LogP contribution in [0.15, 0.2) is 66.3 Å². The molecule has 6 nitrogen and oxygen atoms in total. The summed E-state index contributed by atoms with van der Waals surface area (Å²) < 4.78 is 17.6. The number of rotatable bonds is 9. The minimum Gasteiger partial charge on any atom is -0.330 e. The fourth-order valence-corrected chi connectivity index (χ4v) is 4.42. The summed E-state index contributed by atoms with van der Waals surface area (Å²) in [7, 11) is 4.09. The Labute approximate surface area is 185 Å². The van der Waals surface area contributed by atoms with Crippen molar-refractivity contribution in [2.45, 2.75) is 30.5 Å². The summed E-state index contributed by atoms with van der Waals surface area (Å²) in [5.41, 5.74) is 3.04. The number of fused-ring (bicyclic) bond motifs is 1. The number of para-hydroxylation sites is 2. The van der Waals surface area contributed by atoms with E-state index in [1.165, 1.54) is 6.07 Å². The van der Waals surface area contributed by atoms with Gasteiger partial charge in [-0.15, -0.1) is 16.8 Å². The molecule has 0 atom stereocenters. The van der Waals surface area contributed by atoms with Crippen LogP contribution in [-0.2, 0) is 32.4 Å². The Morgan fingerprint density at radius 3 is 2.68 bits per heavy atom. The standard InChI is InChI=1S/C23H25FN6S/c1-4-12-30-22(26-27-23(30)31-16-17-8-7-9-18(24)13-17)15-28(2)14-21-25-19-10-5-6-11-20(19)29(21)3/h4-11,13H,1,12,14-16H2,2-3H3. The van der Waals surface area contributed by atoms with E-state index in [-0.39, 0.29) is 5.82 Å². The molecule has 160 valence electrons. The monoisotopic (exact) mass is 436 g/mol. The van der Waals surface area contributed by atoms with Crippen LogP contribution in [0.4, 0.5) is 4.39 Å². The molecule has 0 saturated carbocycles. The van der Waals surface area contributed by atoms with Gasteiger partial charge in [0.05, 0.1) is 24.1 Å². The molecule has 0 saturated heterocycles. The van der Waals surface area contributed by atoms with Gasteiger partial charge in [-0.1, -0.05) is 42.1 Å². The summed E-state index contributed by atoms with van der Waals surface area (Å²) in [6.45, 7) is 5.81. The number of thioether (sulfide) groups is 1. The maximum Gasteiger partial charge on any atom is 0.191 e. The number of imidazole rings is 1. The molecule has 0 spiro atoms. The smallest absolute Gasteiger partial charge is 0.191 e. The second kappa shape index (κ2) is 9.45. The van der Waals surface area contributed by atoms with Crippen molar-refractivity contribution in [2.24, 2.45) is 7.05 Å². The molecule has 0 aliphatic carbocycles. The van der Waals surface area contributed by atoms with Gasteiger partial charge in [-0.05, 0) is 36.9 Å². The number of aryl methyl sites for hydroxylation is 1. The molecule has 0 amide bonds. The Morgan fingerprint density at radius 1 is 1.10 bits per heavy atom. The van der Waals surface area contributed by atoms with Crippen LogP contribution in [0, 0.1) is 5.82 Å². The van der Waals surface area contributed by atoms with Gasteiger partial charge in [0.15, 0.2) is 5.16 Å². The Hall–Kier alpha value is -2.97. The average Bonchev–Trinajstić information content (AvgIpc) is 3.28. The molecule has 0 N–H and O–H groups in total. The minimum atomic E-state index is -0.227. The first-order valence-corrected chi connectivity index (χ1v) is 11.0. The van der Waals surface area contributed by atoms with E-state index in [0.717, 1.165) is 33.4 Å². The molecule has 4 rings (SSSR count). The van der Waals surface area contributed by atoms with Crippen LogP contribution >= 0.6 is 11.8 Å². The largest absolute Gasteiger partial charge is 0.330 e. The number of hydrogen-bond acceptors (Lipinski definition) is 5. The molecule has 0 fully saturated rings.